The Kier molecular flexibility index (Phi) is 4.05. The fourth-order valence-electron chi connectivity index (χ4n) is 2.45. The highest BCUT2D eigenvalue weighted by molar-refractivity contribution is 5.98. The Hall–Kier alpha value is -1.88. The van der Waals surface area contributed by atoms with Crippen LogP contribution in [0.4, 0.5) is 5.69 Å². The monoisotopic (exact) mass is 290 g/mol. The van der Waals surface area contributed by atoms with Crippen molar-refractivity contribution in [2.24, 2.45) is 0 Å². The molecule has 1 aromatic rings. The topological polar surface area (TPSA) is 78.4 Å². The van der Waals surface area contributed by atoms with Gasteiger partial charge in [-0.25, -0.2) is 0 Å². The molecular formula is C16H22N2O3. The van der Waals surface area contributed by atoms with E-state index in [-0.39, 0.29) is 5.91 Å². The molecule has 0 aromatic heterocycles. The smallest absolute Gasteiger partial charge is 0.313 e. The first-order chi connectivity index (χ1) is 9.75. The van der Waals surface area contributed by atoms with Crippen LogP contribution < -0.4 is 10.6 Å². The van der Waals surface area contributed by atoms with Gasteiger partial charge >= 0.3 is 5.97 Å². The van der Waals surface area contributed by atoms with Crippen molar-refractivity contribution >= 4 is 17.6 Å². The molecule has 1 unspecified atom stereocenters. The normalized spacial score (nSPS) is 22.0. The molecule has 0 spiro atoms. The molecular weight excluding hydrogens is 268 g/mol. The molecule has 1 aromatic carbocycles. The maximum atomic E-state index is 12.3. The third-order valence-corrected chi connectivity index (χ3v) is 4.27. The number of carbonyl (C=O) groups excluding carboxylic acids is 1. The summed E-state index contributed by atoms with van der Waals surface area (Å²) < 4.78 is 0. The van der Waals surface area contributed by atoms with E-state index >= 15 is 0 Å². The lowest BCUT2D eigenvalue weighted by Crippen LogP contribution is -2.47. The van der Waals surface area contributed by atoms with Gasteiger partial charge in [0.05, 0.1) is 11.0 Å². The fraction of sp³-hybridized carbons (Fsp3) is 0.500. The van der Waals surface area contributed by atoms with Gasteiger partial charge < -0.3 is 15.7 Å². The zero-order valence-electron chi connectivity index (χ0n) is 12.7. The van der Waals surface area contributed by atoms with Gasteiger partial charge in [0.2, 0.25) is 5.91 Å². The summed E-state index contributed by atoms with van der Waals surface area (Å²) >= 11 is 0. The Morgan fingerprint density at radius 1 is 1.29 bits per heavy atom. The summed E-state index contributed by atoms with van der Waals surface area (Å²) in [5.74, 6) is -0.924. The standard InChI is InChI=1S/C16H22N2O3/c1-15(2,14(20)21)11-5-7-12(8-6-11)18-13(19)16(3)9-4-10-17-16/h5-8,17H,4,9-10H2,1-3H3,(H,18,19)(H,20,21). The predicted octanol–water partition coefficient (Wildman–Crippen LogP) is 2.13. The number of carbonyl (C=O) groups is 2. The number of hydrogen-bond acceptors (Lipinski definition) is 3. The minimum Gasteiger partial charge on any atom is -0.481 e. The number of nitrogens with one attached hydrogen (secondary N) is 2. The molecule has 0 saturated carbocycles. The highest BCUT2D eigenvalue weighted by Crippen LogP contribution is 2.26. The number of benzene rings is 1. The van der Waals surface area contributed by atoms with E-state index in [1.54, 1.807) is 38.1 Å². The molecule has 1 amide bonds. The molecule has 2 rings (SSSR count). The van der Waals surface area contributed by atoms with Crippen LogP contribution in [0.25, 0.3) is 0 Å². The summed E-state index contributed by atoms with van der Waals surface area (Å²) in [4.78, 5) is 23.5. The third kappa shape index (κ3) is 3.08. The molecule has 0 aliphatic carbocycles. The minimum atomic E-state index is -0.943. The van der Waals surface area contributed by atoms with Crippen LogP contribution in [0.1, 0.15) is 39.2 Å². The van der Waals surface area contributed by atoms with Crippen molar-refractivity contribution in [3.05, 3.63) is 29.8 Å². The Bertz CT molecular complexity index is 543. The SMILES string of the molecule is CC1(C(=O)Nc2ccc(C(C)(C)C(=O)O)cc2)CCCN1. The molecule has 1 saturated heterocycles. The summed E-state index contributed by atoms with van der Waals surface area (Å²) in [5.41, 5.74) is -0.0707. The first-order valence-corrected chi connectivity index (χ1v) is 7.16. The zero-order valence-corrected chi connectivity index (χ0v) is 12.7. The fourth-order valence-corrected chi connectivity index (χ4v) is 2.45. The molecule has 1 aliphatic rings. The summed E-state index contributed by atoms with van der Waals surface area (Å²) in [6.07, 6.45) is 1.82. The average Bonchev–Trinajstić information content (AvgIpc) is 2.87. The van der Waals surface area contributed by atoms with Crippen LogP contribution in [0.3, 0.4) is 0 Å². The molecule has 5 nitrogen and oxygen atoms in total. The number of aliphatic carboxylic acids is 1. The van der Waals surface area contributed by atoms with E-state index in [0.29, 0.717) is 11.3 Å². The van der Waals surface area contributed by atoms with Crippen molar-refractivity contribution in [3.8, 4) is 0 Å². The van der Waals surface area contributed by atoms with Crippen molar-refractivity contribution in [2.75, 3.05) is 11.9 Å². The van der Waals surface area contributed by atoms with E-state index in [4.69, 9.17) is 0 Å². The summed E-state index contributed by atoms with van der Waals surface area (Å²) in [5, 5.41) is 15.3. The summed E-state index contributed by atoms with van der Waals surface area (Å²) in [6, 6.07) is 6.98. The van der Waals surface area contributed by atoms with Crippen LogP contribution in [0, 0.1) is 0 Å². The Labute approximate surface area is 124 Å². The average molecular weight is 290 g/mol. The number of rotatable bonds is 4. The first-order valence-electron chi connectivity index (χ1n) is 7.16. The van der Waals surface area contributed by atoms with Gasteiger partial charge in [0.25, 0.3) is 0 Å². The molecule has 5 heteroatoms. The molecule has 1 fully saturated rings. The van der Waals surface area contributed by atoms with E-state index in [2.05, 4.69) is 10.6 Å². The van der Waals surface area contributed by atoms with Crippen LogP contribution in [-0.2, 0) is 15.0 Å². The van der Waals surface area contributed by atoms with Gasteiger partial charge in [-0.2, -0.15) is 0 Å². The van der Waals surface area contributed by atoms with Gasteiger partial charge in [-0.05, 0) is 57.9 Å². The Morgan fingerprint density at radius 2 is 1.90 bits per heavy atom. The lowest BCUT2D eigenvalue weighted by molar-refractivity contribution is -0.142. The molecule has 114 valence electrons. The molecule has 0 bridgehead atoms. The number of amides is 1. The number of hydrogen-bond donors (Lipinski definition) is 3. The second-order valence-electron chi connectivity index (χ2n) is 6.32. The van der Waals surface area contributed by atoms with Crippen molar-refractivity contribution in [2.45, 2.75) is 44.6 Å². The number of carboxylic acids is 1. The van der Waals surface area contributed by atoms with E-state index in [9.17, 15) is 14.7 Å². The highest BCUT2D eigenvalue weighted by Gasteiger charge is 2.36. The maximum absolute atomic E-state index is 12.3. The second kappa shape index (κ2) is 5.48. The Morgan fingerprint density at radius 3 is 2.38 bits per heavy atom. The van der Waals surface area contributed by atoms with Crippen molar-refractivity contribution in [1.29, 1.82) is 0 Å². The van der Waals surface area contributed by atoms with Crippen molar-refractivity contribution < 1.29 is 14.7 Å². The highest BCUT2D eigenvalue weighted by atomic mass is 16.4. The molecule has 3 N–H and O–H groups in total. The van der Waals surface area contributed by atoms with Gasteiger partial charge in [0, 0.05) is 5.69 Å². The predicted molar refractivity (Wildman–Crippen MR) is 81.4 cm³/mol. The zero-order chi connectivity index (χ0) is 15.7. The molecule has 1 heterocycles. The van der Waals surface area contributed by atoms with Crippen molar-refractivity contribution in [1.82, 2.24) is 5.32 Å². The van der Waals surface area contributed by atoms with Crippen LogP contribution in [0.2, 0.25) is 0 Å². The largest absolute Gasteiger partial charge is 0.481 e. The summed E-state index contributed by atoms with van der Waals surface area (Å²) in [6.45, 7) is 6.08. The quantitative estimate of drug-likeness (QED) is 0.794. The van der Waals surface area contributed by atoms with Gasteiger partial charge in [0.1, 0.15) is 0 Å². The third-order valence-electron chi connectivity index (χ3n) is 4.27. The van der Waals surface area contributed by atoms with E-state index in [1.807, 2.05) is 6.92 Å². The van der Waals surface area contributed by atoms with Crippen LogP contribution >= 0.6 is 0 Å². The molecule has 0 radical (unpaired) electrons. The van der Waals surface area contributed by atoms with Gasteiger partial charge in [-0.3, -0.25) is 9.59 Å². The number of anilines is 1. The van der Waals surface area contributed by atoms with E-state index in [1.165, 1.54) is 0 Å². The molecule has 1 atom stereocenters. The van der Waals surface area contributed by atoms with E-state index in [0.717, 1.165) is 19.4 Å². The Balaban J connectivity index is 2.10. The lowest BCUT2D eigenvalue weighted by atomic mass is 9.85. The van der Waals surface area contributed by atoms with Crippen LogP contribution in [0.5, 0.6) is 0 Å². The summed E-state index contributed by atoms with van der Waals surface area (Å²) in [7, 11) is 0. The lowest BCUT2D eigenvalue weighted by Gasteiger charge is -2.24. The van der Waals surface area contributed by atoms with Crippen LogP contribution in [-0.4, -0.2) is 29.1 Å². The number of carboxylic acid groups (broad SMARTS) is 1. The van der Waals surface area contributed by atoms with E-state index < -0.39 is 16.9 Å². The van der Waals surface area contributed by atoms with Gasteiger partial charge in [-0.1, -0.05) is 12.1 Å². The second-order valence-corrected chi connectivity index (χ2v) is 6.32. The van der Waals surface area contributed by atoms with Gasteiger partial charge in [-0.15, -0.1) is 0 Å². The minimum absolute atomic E-state index is 0.0507. The van der Waals surface area contributed by atoms with Gasteiger partial charge in [0.15, 0.2) is 0 Å². The molecule has 1 aliphatic heterocycles. The first kappa shape index (κ1) is 15.5. The van der Waals surface area contributed by atoms with Crippen molar-refractivity contribution in [3.63, 3.8) is 0 Å². The van der Waals surface area contributed by atoms with Crippen LogP contribution in [0.15, 0.2) is 24.3 Å². The molecule has 21 heavy (non-hydrogen) atoms. The maximum Gasteiger partial charge on any atom is 0.313 e.